The molecular formula is C16H24BrO4P. The van der Waals surface area contributed by atoms with Gasteiger partial charge in [-0.25, -0.2) is 0 Å². The second-order valence-electron chi connectivity index (χ2n) is 7.04. The van der Waals surface area contributed by atoms with Crippen molar-refractivity contribution in [2.45, 2.75) is 58.1 Å². The quantitative estimate of drug-likeness (QED) is 0.488. The molecule has 0 aliphatic heterocycles. The first-order chi connectivity index (χ1) is 9.86. The van der Waals surface area contributed by atoms with E-state index in [1.807, 2.05) is 0 Å². The molecule has 0 spiro atoms. The van der Waals surface area contributed by atoms with Crippen molar-refractivity contribution in [1.82, 2.24) is 0 Å². The summed E-state index contributed by atoms with van der Waals surface area (Å²) in [5.41, 5.74) is -0.779. The molecule has 4 nitrogen and oxygen atoms in total. The van der Waals surface area contributed by atoms with Gasteiger partial charge in [0.05, 0.1) is 11.2 Å². The minimum atomic E-state index is -3.95. The van der Waals surface area contributed by atoms with Crippen LogP contribution in [0, 0.1) is 0 Å². The third kappa shape index (κ3) is 5.96. The number of rotatable bonds is 5. The number of halogens is 1. The molecule has 0 unspecified atom stereocenters. The number of hydrogen-bond donors (Lipinski definition) is 0. The van der Waals surface area contributed by atoms with Gasteiger partial charge in [0, 0.05) is 10.9 Å². The van der Waals surface area contributed by atoms with Crippen LogP contribution in [0.3, 0.4) is 0 Å². The third-order valence-corrected chi connectivity index (χ3v) is 5.37. The largest absolute Gasteiger partial charge is 0.402 e. The first-order valence-electron chi connectivity index (χ1n) is 7.08. The Hall–Kier alpha value is -0.480. The first-order valence-corrected chi connectivity index (χ1v) is 9.74. The summed E-state index contributed by atoms with van der Waals surface area (Å²) in [6.07, 6.45) is 0. The van der Waals surface area contributed by atoms with Crippen molar-refractivity contribution in [1.29, 1.82) is 0 Å². The minimum absolute atomic E-state index is 0.321. The van der Waals surface area contributed by atoms with Crippen LogP contribution in [0.2, 0.25) is 0 Å². The molecule has 0 aliphatic rings. The van der Waals surface area contributed by atoms with Gasteiger partial charge in [-0.3, -0.25) is 18.4 Å². The van der Waals surface area contributed by atoms with Crippen LogP contribution < -0.4 is 0 Å². The zero-order chi connectivity index (χ0) is 17.2. The van der Waals surface area contributed by atoms with Crippen molar-refractivity contribution in [2.24, 2.45) is 0 Å². The predicted molar refractivity (Wildman–Crippen MR) is 92.7 cm³/mol. The predicted octanol–water partition coefficient (Wildman–Crippen LogP) is 5.55. The molecule has 1 rings (SSSR count). The second kappa shape index (κ2) is 6.96. The van der Waals surface area contributed by atoms with Crippen molar-refractivity contribution in [3.8, 4) is 0 Å². The zero-order valence-corrected chi connectivity index (χ0v) is 16.5. The zero-order valence-electron chi connectivity index (χ0n) is 14.0. The monoisotopic (exact) mass is 390 g/mol. The highest BCUT2D eigenvalue weighted by Gasteiger charge is 2.42. The molecule has 22 heavy (non-hydrogen) atoms. The van der Waals surface area contributed by atoms with Crippen molar-refractivity contribution in [2.75, 3.05) is 0 Å². The van der Waals surface area contributed by atoms with Gasteiger partial charge >= 0.3 is 7.60 Å². The van der Waals surface area contributed by atoms with Crippen LogP contribution in [0.4, 0.5) is 0 Å². The summed E-state index contributed by atoms with van der Waals surface area (Å²) in [4.78, 5) is 12.7. The van der Waals surface area contributed by atoms with Crippen molar-refractivity contribution in [3.63, 3.8) is 0 Å². The molecular weight excluding hydrogens is 367 g/mol. The van der Waals surface area contributed by atoms with E-state index in [-0.39, 0.29) is 0 Å². The topological polar surface area (TPSA) is 52.6 Å². The van der Waals surface area contributed by atoms with Gasteiger partial charge in [-0.2, -0.15) is 0 Å². The van der Waals surface area contributed by atoms with Gasteiger partial charge in [-0.15, -0.1) is 0 Å². The lowest BCUT2D eigenvalue weighted by Crippen LogP contribution is -2.26. The van der Waals surface area contributed by atoms with Crippen LogP contribution in [-0.2, 0) is 18.9 Å². The van der Waals surface area contributed by atoms with Crippen molar-refractivity contribution in [3.05, 3.63) is 35.4 Å². The lowest BCUT2D eigenvalue weighted by atomic mass is 10.2. The summed E-state index contributed by atoms with van der Waals surface area (Å²) < 4.78 is 24.2. The highest BCUT2D eigenvalue weighted by Crippen LogP contribution is 2.56. The summed E-state index contributed by atoms with van der Waals surface area (Å²) in [5.74, 6) is 0. The van der Waals surface area contributed by atoms with E-state index in [2.05, 4.69) is 15.9 Å². The Balaban J connectivity index is 3.19. The second-order valence-corrected chi connectivity index (χ2v) is 9.37. The first kappa shape index (κ1) is 19.6. The molecule has 0 saturated heterocycles. The number of hydrogen-bond acceptors (Lipinski definition) is 4. The number of carbonyl (C=O) groups is 1. The van der Waals surface area contributed by atoms with E-state index < -0.39 is 24.3 Å². The molecule has 0 radical (unpaired) electrons. The van der Waals surface area contributed by atoms with E-state index in [4.69, 9.17) is 9.05 Å². The smallest absolute Gasteiger partial charge is 0.297 e. The van der Waals surface area contributed by atoms with Crippen LogP contribution in [-0.4, -0.2) is 16.7 Å². The fraction of sp³-hybridized carbons (Fsp3) is 0.562. The molecule has 0 heterocycles. The Bertz CT molecular complexity index is 547. The molecule has 0 N–H and O–H groups in total. The average Bonchev–Trinajstić information content (AvgIpc) is 2.33. The Morgan fingerprint density at radius 3 is 1.73 bits per heavy atom. The molecule has 124 valence electrons. The maximum Gasteiger partial charge on any atom is 0.402 e. The average molecular weight is 391 g/mol. The molecule has 0 aliphatic carbocycles. The van der Waals surface area contributed by atoms with Gasteiger partial charge in [-0.1, -0.05) is 40.2 Å². The molecule has 0 fully saturated rings. The highest BCUT2D eigenvalue weighted by molar-refractivity contribution is 9.08. The van der Waals surface area contributed by atoms with E-state index in [1.54, 1.807) is 65.8 Å². The molecule has 0 amide bonds. The molecule has 6 heteroatoms. The van der Waals surface area contributed by atoms with Gasteiger partial charge in [0.1, 0.15) is 0 Å². The number of alkyl halides is 1. The summed E-state index contributed by atoms with van der Waals surface area (Å²) >= 11 is 3.35. The fourth-order valence-electron chi connectivity index (χ4n) is 1.72. The van der Waals surface area contributed by atoms with Crippen molar-refractivity contribution < 1.29 is 18.4 Å². The van der Waals surface area contributed by atoms with Gasteiger partial charge in [0.25, 0.3) is 5.52 Å². The van der Waals surface area contributed by atoms with E-state index in [0.717, 1.165) is 5.56 Å². The third-order valence-electron chi connectivity index (χ3n) is 2.39. The van der Waals surface area contributed by atoms with Gasteiger partial charge in [-0.05, 0) is 47.1 Å². The Morgan fingerprint density at radius 2 is 1.41 bits per heavy atom. The molecule has 0 aromatic heterocycles. The Labute approximate surface area is 141 Å². The van der Waals surface area contributed by atoms with Gasteiger partial charge in [0.2, 0.25) is 0 Å². The van der Waals surface area contributed by atoms with Crippen LogP contribution in [0.25, 0.3) is 0 Å². The minimum Gasteiger partial charge on any atom is -0.297 e. The van der Waals surface area contributed by atoms with E-state index >= 15 is 0 Å². The van der Waals surface area contributed by atoms with Crippen LogP contribution in [0.15, 0.2) is 24.3 Å². The maximum atomic E-state index is 13.1. The summed E-state index contributed by atoms with van der Waals surface area (Å²) in [7, 11) is -3.95. The van der Waals surface area contributed by atoms with Gasteiger partial charge in [0.15, 0.2) is 0 Å². The van der Waals surface area contributed by atoms with E-state index in [0.29, 0.717) is 10.9 Å². The number of benzene rings is 1. The lowest BCUT2D eigenvalue weighted by molar-refractivity contribution is 0.0447. The van der Waals surface area contributed by atoms with Crippen LogP contribution in [0.1, 0.15) is 57.5 Å². The number of carbonyl (C=O) groups excluding carboxylic acids is 1. The molecule has 0 bridgehead atoms. The maximum absolute atomic E-state index is 13.1. The highest BCUT2D eigenvalue weighted by atomic mass is 79.9. The van der Waals surface area contributed by atoms with E-state index in [9.17, 15) is 9.36 Å². The summed E-state index contributed by atoms with van der Waals surface area (Å²) in [6.45, 7) is 10.5. The summed E-state index contributed by atoms with van der Waals surface area (Å²) in [6, 6.07) is 6.90. The SMILES string of the molecule is CC(C)(C)OP(=O)(OC(C)(C)C)C(=O)c1ccc(CBr)cc1. The molecule has 1 aromatic carbocycles. The Morgan fingerprint density at radius 1 is 1.00 bits per heavy atom. The van der Waals surface area contributed by atoms with Crippen LogP contribution >= 0.6 is 23.5 Å². The van der Waals surface area contributed by atoms with Gasteiger partial charge < -0.3 is 0 Å². The lowest BCUT2D eigenvalue weighted by Gasteiger charge is -2.31. The fourth-order valence-corrected chi connectivity index (χ4v) is 4.20. The normalized spacial score (nSPS) is 13.2. The molecule has 0 atom stereocenters. The van der Waals surface area contributed by atoms with Crippen molar-refractivity contribution >= 4 is 29.1 Å². The standard InChI is InChI=1S/C16H24BrO4P/c1-15(2,3)20-22(19,21-16(4,5)6)14(18)13-9-7-12(11-17)8-10-13/h7-10H,11H2,1-6H3. The van der Waals surface area contributed by atoms with Crippen LogP contribution in [0.5, 0.6) is 0 Å². The van der Waals surface area contributed by atoms with E-state index in [1.165, 1.54) is 0 Å². The summed E-state index contributed by atoms with van der Waals surface area (Å²) in [5, 5.41) is 0.691. The molecule has 1 aromatic rings. The molecule has 0 saturated carbocycles. The Kier molecular flexibility index (Phi) is 6.19.